The molecule has 0 N–H and O–H groups in total. The third-order valence-electron chi connectivity index (χ3n) is 3.49. The summed E-state index contributed by atoms with van der Waals surface area (Å²) in [5, 5.41) is 11.2. The third kappa shape index (κ3) is 3.67. The van der Waals surface area contributed by atoms with Crippen LogP contribution in [0.25, 0.3) is 6.08 Å². The fourth-order valence-electron chi connectivity index (χ4n) is 2.21. The van der Waals surface area contributed by atoms with Crippen LogP contribution >= 0.6 is 35.6 Å². The monoisotopic (exact) mass is 404 g/mol. The van der Waals surface area contributed by atoms with Crippen LogP contribution in [0.15, 0.2) is 53.4 Å². The number of carbonyl (C=O) groups excluding carboxylic acids is 2. The Morgan fingerprint density at radius 3 is 2.35 bits per heavy atom. The van der Waals surface area contributed by atoms with Crippen LogP contribution in [0.5, 0.6) is 0 Å². The Labute approximate surface area is 162 Å². The zero-order valence-corrected chi connectivity index (χ0v) is 15.3. The van der Waals surface area contributed by atoms with Crippen LogP contribution in [0.4, 0.5) is 5.69 Å². The lowest BCUT2D eigenvalue weighted by Gasteiger charge is -2.12. The summed E-state index contributed by atoms with van der Waals surface area (Å²) in [5.74, 6) is -1.06. The predicted octanol–water partition coefficient (Wildman–Crippen LogP) is 4.29. The molecule has 0 unspecified atom stereocenters. The predicted molar refractivity (Wildman–Crippen MR) is 104 cm³/mol. The second kappa shape index (κ2) is 7.36. The number of non-ortho nitro benzene ring substituents is 1. The number of rotatable bonds is 3. The lowest BCUT2D eigenvalue weighted by Crippen LogP contribution is -2.34. The number of benzene rings is 2. The molecule has 1 aliphatic heterocycles. The highest BCUT2D eigenvalue weighted by Crippen LogP contribution is 2.34. The van der Waals surface area contributed by atoms with E-state index in [0.717, 1.165) is 16.7 Å². The molecule has 3 rings (SSSR count). The minimum atomic E-state index is -0.531. The van der Waals surface area contributed by atoms with E-state index in [9.17, 15) is 19.7 Å². The van der Waals surface area contributed by atoms with Crippen LogP contribution in [0.3, 0.4) is 0 Å². The number of halogens is 1. The molecule has 2 aromatic rings. The van der Waals surface area contributed by atoms with Gasteiger partial charge in [0.05, 0.1) is 9.83 Å². The van der Waals surface area contributed by atoms with Crippen molar-refractivity contribution in [3.8, 4) is 0 Å². The maximum absolute atomic E-state index is 12.6. The van der Waals surface area contributed by atoms with Gasteiger partial charge in [0, 0.05) is 22.7 Å². The molecule has 0 radical (unpaired) electrons. The lowest BCUT2D eigenvalue weighted by molar-refractivity contribution is -0.384. The molecule has 26 heavy (non-hydrogen) atoms. The summed E-state index contributed by atoms with van der Waals surface area (Å²) in [7, 11) is 0. The van der Waals surface area contributed by atoms with Gasteiger partial charge >= 0.3 is 0 Å². The Morgan fingerprint density at radius 1 is 1.15 bits per heavy atom. The third-order valence-corrected chi connectivity index (χ3v) is 5.04. The fourth-order valence-corrected chi connectivity index (χ4v) is 3.59. The Kier molecular flexibility index (Phi) is 5.17. The van der Waals surface area contributed by atoms with Gasteiger partial charge in [-0.2, -0.15) is 0 Å². The van der Waals surface area contributed by atoms with Crippen LogP contribution in [0.2, 0.25) is 5.02 Å². The van der Waals surface area contributed by atoms with E-state index >= 15 is 0 Å². The summed E-state index contributed by atoms with van der Waals surface area (Å²) in [4.78, 5) is 36.5. The summed E-state index contributed by atoms with van der Waals surface area (Å²) < 4.78 is 0.128. The molecular weight excluding hydrogens is 396 g/mol. The molecule has 0 aliphatic carbocycles. The molecular formula is C17H9ClN2O4S2. The highest BCUT2D eigenvalue weighted by molar-refractivity contribution is 8.26. The number of thioether (sulfide) groups is 1. The van der Waals surface area contributed by atoms with E-state index in [-0.39, 0.29) is 14.9 Å². The van der Waals surface area contributed by atoms with Crippen molar-refractivity contribution in [3.63, 3.8) is 0 Å². The van der Waals surface area contributed by atoms with Gasteiger partial charge in [-0.05, 0) is 48.0 Å². The summed E-state index contributed by atoms with van der Waals surface area (Å²) in [6, 6.07) is 11.9. The molecule has 2 amide bonds. The maximum atomic E-state index is 12.6. The summed E-state index contributed by atoms with van der Waals surface area (Å²) in [6.45, 7) is 0. The first-order valence-corrected chi connectivity index (χ1v) is 8.79. The second-order valence-electron chi connectivity index (χ2n) is 5.18. The van der Waals surface area contributed by atoms with Crippen LogP contribution in [-0.4, -0.2) is 26.0 Å². The minimum Gasteiger partial charge on any atom is -0.268 e. The number of hydrogen-bond donors (Lipinski definition) is 0. The highest BCUT2D eigenvalue weighted by atomic mass is 35.5. The van der Waals surface area contributed by atoms with Gasteiger partial charge in [0.15, 0.2) is 4.32 Å². The van der Waals surface area contributed by atoms with E-state index in [1.54, 1.807) is 12.1 Å². The second-order valence-corrected chi connectivity index (χ2v) is 7.29. The summed E-state index contributed by atoms with van der Waals surface area (Å²) in [5.41, 5.74) is 0.838. The zero-order valence-electron chi connectivity index (χ0n) is 12.9. The fraction of sp³-hybridized carbons (Fsp3) is 0. The molecule has 6 nitrogen and oxygen atoms in total. The molecule has 2 aromatic carbocycles. The first-order valence-electron chi connectivity index (χ1n) is 7.19. The number of hydrogen-bond acceptors (Lipinski definition) is 6. The average molecular weight is 405 g/mol. The molecule has 0 atom stereocenters. The molecule has 0 saturated carbocycles. The summed E-state index contributed by atoms with van der Waals surface area (Å²) in [6.07, 6.45) is 1.54. The van der Waals surface area contributed by atoms with Crippen LogP contribution in [0.1, 0.15) is 15.9 Å². The van der Waals surface area contributed by atoms with Crippen molar-refractivity contribution in [2.45, 2.75) is 0 Å². The molecule has 1 heterocycles. The standard InChI is InChI=1S/C17H9ClN2O4S2/c18-12-5-3-11(4-6-12)15(21)19-16(22)14(26-17(19)25)9-10-1-7-13(8-2-10)20(23)24/h1-9H/b14-9-. The molecule has 1 fully saturated rings. The Bertz CT molecular complexity index is 956. The molecule has 1 aliphatic rings. The number of thiocarbonyl (C=S) groups is 1. The molecule has 1 saturated heterocycles. The Morgan fingerprint density at radius 2 is 1.77 bits per heavy atom. The normalized spacial score (nSPS) is 15.6. The average Bonchev–Trinajstić information content (AvgIpc) is 2.89. The Balaban J connectivity index is 1.85. The number of nitro groups is 1. The van der Waals surface area contributed by atoms with Crippen molar-refractivity contribution in [2.24, 2.45) is 0 Å². The van der Waals surface area contributed by atoms with Crippen LogP contribution in [0, 0.1) is 10.1 Å². The number of amides is 2. The van der Waals surface area contributed by atoms with E-state index in [4.69, 9.17) is 23.8 Å². The largest absolute Gasteiger partial charge is 0.273 e. The van der Waals surface area contributed by atoms with Crippen LogP contribution < -0.4 is 0 Å². The smallest absolute Gasteiger partial charge is 0.268 e. The minimum absolute atomic E-state index is 0.0485. The van der Waals surface area contributed by atoms with Crippen molar-refractivity contribution in [3.05, 3.63) is 79.7 Å². The van der Waals surface area contributed by atoms with Gasteiger partial charge in [-0.15, -0.1) is 0 Å². The number of imide groups is 1. The van der Waals surface area contributed by atoms with Gasteiger partial charge < -0.3 is 0 Å². The van der Waals surface area contributed by atoms with Crippen molar-refractivity contribution in [2.75, 3.05) is 0 Å². The quantitative estimate of drug-likeness (QED) is 0.249. The van der Waals surface area contributed by atoms with Gasteiger partial charge in [-0.1, -0.05) is 35.6 Å². The van der Waals surface area contributed by atoms with Crippen molar-refractivity contribution in [1.82, 2.24) is 4.90 Å². The van der Waals surface area contributed by atoms with Gasteiger partial charge in [0.2, 0.25) is 0 Å². The number of carbonyl (C=O) groups is 2. The van der Waals surface area contributed by atoms with E-state index in [2.05, 4.69) is 0 Å². The molecule has 130 valence electrons. The Hall–Kier alpha value is -2.55. The molecule has 0 bridgehead atoms. The highest BCUT2D eigenvalue weighted by Gasteiger charge is 2.37. The van der Waals surface area contributed by atoms with Crippen LogP contribution in [-0.2, 0) is 4.79 Å². The van der Waals surface area contributed by atoms with Gasteiger partial charge in [-0.25, -0.2) is 4.90 Å². The van der Waals surface area contributed by atoms with Gasteiger partial charge in [0.1, 0.15) is 0 Å². The van der Waals surface area contributed by atoms with Crippen molar-refractivity contribution in [1.29, 1.82) is 0 Å². The topological polar surface area (TPSA) is 80.5 Å². The van der Waals surface area contributed by atoms with Crippen molar-refractivity contribution >= 4 is 63.5 Å². The SMILES string of the molecule is O=C1/C(=C/c2ccc([N+](=O)[O-])cc2)SC(=S)N1C(=O)c1ccc(Cl)cc1. The molecule has 0 aromatic heterocycles. The van der Waals surface area contributed by atoms with Crippen molar-refractivity contribution < 1.29 is 14.5 Å². The molecule has 0 spiro atoms. The van der Waals surface area contributed by atoms with E-state index in [1.807, 2.05) is 0 Å². The zero-order chi connectivity index (χ0) is 18.8. The van der Waals surface area contributed by atoms with E-state index in [0.29, 0.717) is 16.1 Å². The van der Waals surface area contributed by atoms with E-state index in [1.165, 1.54) is 42.5 Å². The van der Waals surface area contributed by atoms with Gasteiger partial charge in [-0.3, -0.25) is 19.7 Å². The first kappa shape index (κ1) is 18.2. The van der Waals surface area contributed by atoms with E-state index < -0.39 is 16.7 Å². The number of nitro benzene ring substituents is 1. The lowest BCUT2D eigenvalue weighted by atomic mass is 10.2. The first-order chi connectivity index (χ1) is 12.4. The van der Waals surface area contributed by atoms with Gasteiger partial charge in [0.25, 0.3) is 17.5 Å². The summed E-state index contributed by atoms with van der Waals surface area (Å²) >= 11 is 12.0. The number of nitrogens with zero attached hydrogens (tertiary/aromatic N) is 2. The maximum Gasteiger partial charge on any atom is 0.273 e. The molecule has 9 heteroatoms.